The predicted molar refractivity (Wildman–Crippen MR) is 79.6 cm³/mol. The van der Waals surface area contributed by atoms with Gasteiger partial charge in [0.2, 0.25) is 0 Å². The highest BCUT2D eigenvalue weighted by atomic mass is 32.2. The van der Waals surface area contributed by atoms with E-state index in [1.807, 2.05) is 0 Å². The van der Waals surface area contributed by atoms with Crippen LogP contribution in [0, 0.1) is 0 Å². The Morgan fingerprint density at radius 2 is 1.55 bits per heavy atom. The topological polar surface area (TPSA) is 90.2 Å². The van der Waals surface area contributed by atoms with Crippen LogP contribution in [0.15, 0.2) is 0 Å². The summed E-state index contributed by atoms with van der Waals surface area (Å²) in [4.78, 5) is 0. The molecule has 0 aromatic carbocycles. The smallest absolute Gasteiger partial charge is 0.132 e. The lowest BCUT2D eigenvalue weighted by atomic mass is 10.0. The largest absolute Gasteiger partial charge is 0.394 e. The van der Waals surface area contributed by atoms with Gasteiger partial charge >= 0.3 is 0 Å². The van der Waals surface area contributed by atoms with Crippen molar-refractivity contribution in [2.75, 3.05) is 12.4 Å². The first-order valence-electron chi connectivity index (χ1n) is 7.54. The zero-order valence-electron chi connectivity index (χ0n) is 12.1. The second-order valence-corrected chi connectivity index (χ2v) is 6.54. The summed E-state index contributed by atoms with van der Waals surface area (Å²) in [7, 11) is 0. The van der Waals surface area contributed by atoms with Crippen LogP contribution in [-0.4, -0.2) is 62.6 Å². The Hall–Kier alpha value is 0.150. The normalized spacial score (nSPS) is 34.4. The summed E-state index contributed by atoms with van der Waals surface area (Å²) in [6.45, 7) is 1.83. The number of hydrogen-bond acceptors (Lipinski definition) is 6. The Balaban J connectivity index is 2.21. The number of aliphatic hydroxyl groups excluding tert-OH is 4. The molecular formula is C14H28O5S. The number of ether oxygens (including phenoxy) is 1. The van der Waals surface area contributed by atoms with Crippen LogP contribution in [0.2, 0.25) is 0 Å². The van der Waals surface area contributed by atoms with E-state index >= 15 is 0 Å². The molecule has 20 heavy (non-hydrogen) atoms. The minimum Gasteiger partial charge on any atom is -0.394 e. The molecule has 0 amide bonds. The molecule has 0 unspecified atom stereocenters. The first kappa shape index (κ1) is 18.2. The molecule has 1 heterocycles. The second kappa shape index (κ2) is 9.97. The summed E-state index contributed by atoms with van der Waals surface area (Å²) in [5, 5.41) is 38.3. The molecule has 0 saturated carbocycles. The van der Waals surface area contributed by atoms with Gasteiger partial charge in [-0.1, -0.05) is 39.0 Å². The van der Waals surface area contributed by atoms with E-state index < -0.39 is 29.9 Å². The Morgan fingerprint density at radius 1 is 0.900 bits per heavy atom. The van der Waals surface area contributed by atoms with Crippen LogP contribution in [0.3, 0.4) is 0 Å². The summed E-state index contributed by atoms with van der Waals surface area (Å²) in [5.41, 5.74) is -0.582. The van der Waals surface area contributed by atoms with Gasteiger partial charge in [-0.25, -0.2) is 0 Å². The third kappa shape index (κ3) is 5.50. The zero-order valence-corrected chi connectivity index (χ0v) is 13.0. The third-order valence-corrected chi connectivity index (χ3v) is 4.87. The number of aliphatic hydroxyl groups is 4. The predicted octanol–water partition coefficient (Wildman–Crippen LogP) is 0.880. The Bertz CT molecular complexity index is 252. The summed E-state index contributed by atoms with van der Waals surface area (Å²) in [6, 6.07) is 0. The van der Waals surface area contributed by atoms with Gasteiger partial charge in [-0.3, -0.25) is 0 Å². The molecule has 0 aliphatic carbocycles. The van der Waals surface area contributed by atoms with E-state index in [4.69, 9.17) is 9.84 Å². The fourth-order valence-electron chi connectivity index (χ4n) is 2.29. The van der Waals surface area contributed by atoms with Crippen LogP contribution in [0.4, 0.5) is 0 Å². The molecule has 120 valence electrons. The van der Waals surface area contributed by atoms with Crippen molar-refractivity contribution in [1.82, 2.24) is 0 Å². The van der Waals surface area contributed by atoms with Crippen molar-refractivity contribution in [3.05, 3.63) is 0 Å². The molecule has 0 aromatic heterocycles. The summed E-state index contributed by atoms with van der Waals surface area (Å²) in [5.74, 6) is 0.842. The third-order valence-electron chi connectivity index (χ3n) is 3.63. The van der Waals surface area contributed by atoms with Crippen molar-refractivity contribution in [2.45, 2.75) is 75.3 Å². The first-order valence-corrected chi connectivity index (χ1v) is 8.58. The van der Waals surface area contributed by atoms with Crippen molar-refractivity contribution in [1.29, 1.82) is 0 Å². The fourth-order valence-corrected chi connectivity index (χ4v) is 3.47. The molecule has 1 aliphatic heterocycles. The molecule has 1 rings (SSSR count). The molecule has 1 saturated heterocycles. The van der Waals surface area contributed by atoms with E-state index in [9.17, 15) is 15.3 Å². The van der Waals surface area contributed by atoms with Crippen molar-refractivity contribution in [3.8, 4) is 0 Å². The average molecular weight is 308 g/mol. The quantitative estimate of drug-likeness (QED) is 0.473. The van der Waals surface area contributed by atoms with E-state index in [1.165, 1.54) is 37.4 Å². The molecule has 0 radical (unpaired) electrons. The maximum absolute atomic E-state index is 9.86. The van der Waals surface area contributed by atoms with Crippen LogP contribution in [0.5, 0.6) is 0 Å². The monoisotopic (exact) mass is 308 g/mol. The SMILES string of the molecule is CCCCCCCCS[C@H]1O[C@H](CO)[C@@H](O)[C@H](O)[C@H]1O. The minimum atomic E-state index is -1.26. The van der Waals surface area contributed by atoms with Gasteiger partial charge in [0.25, 0.3) is 0 Å². The lowest BCUT2D eigenvalue weighted by molar-refractivity contribution is -0.205. The average Bonchev–Trinajstić information content (AvgIpc) is 2.46. The number of thioether (sulfide) groups is 1. The van der Waals surface area contributed by atoms with Crippen molar-refractivity contribution < 1.29 is 25.2 Å². The van der Waals surface area contributed by atoms with Crippen LogP contribution in [0.1, 0.15) is 45.4 Å². The van der Waals surface area contributed by atoms with Crippen molar-refractivity contribution in [3.63, 3.8) is 0 Å². The van der Waals surface area contributed by atoms with Crippen LogP contribution in [0.25, 0.3) is 0 Å². The van der Waals surface area contributed by atoms with Gasteiger partial charge in [0.1, 0.15) is 29.9 Å². The maximum atomic E-state index is 9.86. The fraction of sp³-hybridized carbons (Fsp3) is 1.00. The first-order chi connectivity index (χ1) is 9.61. The van der Waals surface area contributed by atoms with Crippen LogP contribution < -0.4 is 0 Å². The van der Waals surface area contributed by atoms with E-state index in [1.54, 1.807) is 0 Å². The van der Waals surface area contributed by atoms with E-state index in [-0.39, 0.29) is 6.61 Å². The molecule has 5 nitrogen and oxygen atoms in total. The highest BCUT2D eigenvalue weighted by Crippen LogP contribution is 2.29. The summed E-state index contributed by atoms with van der Waals surface area (Å²) in [6.07, 6.45) is 2.77. The number of rotatable bonds is 9. The van der Waals surface area contributed by atoms with Gasteiger partial charge in [0, 0.05) is 0 Å². The minimum absolute atomic E-state index is 0.362. The maximum Gasteiger partial charge on any atom is 0.132 e. The van der Waals surface area contributed by atoms with E-state index in [2.05, 4.69) is 6.92 Å². The Morgan fingerprint density at radius 3 is 2.20 bits per heavy atom. The number of hydrogen-bond donors (Lipinski definition) is 4. The molecular weight excluding hydrogens is 280 g/mol. The molecule has 0 bridgehead atoms. The lowest BCUT2D eigenvalue weighted by Gasteiger charge is -2.39. The van der Waals surface area contributed by atoms with Crippen LogP contribution in [-0.2, 0) is 4.74 Å². The second-order valence-electron chi connectivity index (χ2n) is 5.34. The van der Waals surface area contributed by atoms with Crippen molar-refractivity contribution in [2.24, 2.45) is 0 Å². The zero-order chi connectivity index (χ0) is 15.0. The van der Waals surface area contributed by atoms with Crippen LogP contribution >= 0.6 is 11.8 Å². The van der Waals surface area contributed by atoms with Gasteiger partial charge in [-0.15, -0.1) is 11.8 Å². The Labute approximate surface area is 125 Å². The van der Waals surface area contributed by atoms with Gasteiger partial charge in [0.15, 0.2) is 0 Å². The molecule has 0 aromatic rings. The molecule has 6 heteroatoms. The van der Waals surface area contributed by atoms with Gasteiger partial charge in [-0.2, -0.15) is 0 Å². The van der Waals surface area contributed by atoms with Gasteiger partial charge in [0.05, 0.1) is 6.61 Å². The summed E-state index contributed by atoms with van der Waals surface area (Å²) < 4.78 is 5.43. The molecule has 4 N–H and O–H groups in total. The van der Waals surface area contributed by atoms with Gasteiger partial charge < -0.3 is 25.2 Å². The van der Waals surface area contributed by atoms with Crippen molar-refractivity contribution >= 4 is 11.8 Å². The number of unbranched alkanes of at least 4 members (excludes halogenated alkanes) is 5. The molecule has 0 spiro atoms. The lowest BCUT2D eigenvalue weighted by Crippen LogP contribution is -2.57. The Kier molecular flexibility index (Phi) is 9.08. The standard InChI is InChI=1S/C14H28O5S/c1-2-3-4-5-6-7-8-20-14-13(18)12(17)11(16)10(9-15)19-14/h10-18H,2-9H2,1H3/t10-,11-,12+,13-,14-/m1/s1. The molecule has 5 atom stereocenters. The van der Waals surface area contributed by atoms with E-state index in [0.29, 0.717) is 0 Å². The highest BCUT2D eigenvalue weighted by Gasteiger charge is 2.43. The molecule has 1 fully saturated rings. The van der Waals surface area contributed by atoms with Gasteiger partial charge in [-0.05, 0) is 12.2 Å². The van der Waals surface area contributed by atoms with E-state index in [0.717, 1.165) is 18.6 Å². The highest BCUT2D eigenvalue weighted by molar-refractivity contribution is 7.99. The summed E-state index contributed by atoms with van der Waals surface area (Å²) >= 11 is 1.44. The molecule has 1 aliphatic rings.